The van der Waals surface area contributed by atoms with Crippen molar-refractivity contribution in [2.75, 3.05) is 7.11 Å². The molecular formula is C16H22O3. The van der Waals surface area contributed by atoms with Gasteiger partial charge in [-0.1, -0.05) is 38.1 Å². The summed E-state index contributed by atoms with van der Waals surface area (Å²) in [7, 11) is 1.41. The fourth-order valence-electron chi connectivity index (χ4n) is 2.08. The normalized spacial score (nSPS) is 11.2. The molecule has 0 aliphatic carbocycles. The van der Waals surface area contributed by atoms with Crippen LogP contribution in [-0.2, 0) is 14.9 Å². The highest BCUT2D eigenvalue weighted by atomic mass is 16.5. The van der Waals surface area contributed by atoms with Crippen molar-refractivity contribution in [2.24, 2.45) is 0 Å². The first-order valence-corrected chi connectivity index (χ1v) is 6.55. The number of hydrogen-bond donors (Lipinski definition) is 0. The molecule has 0 atom stereocenters. The van der Waals surface area contributed by atoms with Crippen LogP contribution in [-0.4, -0.2) is 18.9 Å². The van der Waals surface area contributed by atoms with Crippen LogP contribution in [0.3, 0.4) is 0 Å². The molecule has 0 saturated carbocycles. The van der Waals surface area contributed by atoms with Crippen LogP contribution in [0.1, 0.15) is 56.0 Å². The molecule has 0 fully saturated rings. The van der Waals surface area contributed by atoms with Gasteiger partial charge in [-0.15, -0.1) is 0 Å². The standard InChI is InChI=1S/C16H22O3/c1-12(17)13-7-9-14(10-8-13)16(2,3)11-5-6-15(18)19-4/h7-10H,5-6,11H2,1-4H3. The summed E-state index contributed by atoms with van der Waals surface area (Å²) in [6.45, 7) is 5.86. The monoisotopic (exact) mass is 262 g/mol. The van der Waals surface area contributed by atoms with Gasteiger partial charge in [0.25, 0.3) is 0 Å². The summed E-state index contributed by atoms with van der Waals surface area (Å²) in [5.74, 6) is -0.0854. The van der Waals surface area contributed by atoms with Gasteiger partial charge < -0.3 is 4.74 Å². The second-order valence-electron chi connectivity index (χ2n) is 5.45. The van der Waals surface area contributed by atoms with Crippen molar-refractivity contribution in [3.05, 3.63) is 35.4 Å². The number of Topliss-reactive ketones (excluding diaryl/α,β-unsaturated/α-hetero) is 1. The lowest BCUT2D eigenvalue weighted by Crippen LogP contribution is -2.17. The number of rotatable bonds is 6. The molecule has 104 valence electrons. The Morgan fingerprint density at radius 2 is 1.74 bits per heavy atom. The molecule has 0 saturated heterocycles. The van der Waals surface area contributed by atoms with Gasteiger partial charge in [0.05, 0.1) is 7.11 Å². The Bertz CT molecular complexity index is 444. The summed E-state index contributed by atoms with van der Waals surface area (Å²) in [6, 6.07) is 7.71. The van der Waals surface area contributed by atoms with E-state index in [0.717, 1.165) is 18.4 Å². The first kappa shape index (κ1) is 15.4. The largest absolute Gasteiger partial charge is 0.469 e. The predicted octanol–water partition coefficient (Wildman–Crippen LogP) is 3.51. The van der Waals surface area contributed by atoms with Crippen LogP contribution in [0.5, 0.6) is 0 Å². The summed E-state index contributed by atoms with van der Waals surface area (Å²) in [5, 5.41) is 0. The highest BCUT2D eigenvalue weighted by Crippen LogP contribution is 2.29. The third-order valence-corrected chi connectivity index (χ3v) is 3.48. The van der Waals surface area contributed by atoms with Gasteiger partial charge in [-0.05, 0) is 30.7 Å². The highest BCUT2D eigenvalue weighted by molar-refractivity contribution is 5.94. The Hall–Kier alpha value is -1.64. The van der Waals surface area contributed by atoms with E-state index >= 15 is 0 Å². The minimum absolute atomic E-state index is 0.0106. The van der Waals surface area contributed by atoms with Crippen molar-refractivity contribution in [1.82, 2.24) is 0 Å². The molecule has 1 aromatic carbocycles. The fourth-order valence-corrected chi connectivity index (χ4v) is 2.08. The second kappa shape index (κ2) is 6.50. The first-order valence-electron chi connectivity index (χ1n) is 6.55. The van der Waals surface area contributed by atoms with Crippen molar-refractivity contribution < 1.29 is 14.3 Å². The van der Waals surface area contributed by atoms with E-state index < -0.39 is 0 Å². The summed E-state index contributed by atoms with van der Waals surface area (Å²) < 4.78 is 4.64. The summed E-state index contributed by atoms with van der Waals surface area (Å²) >= 11 is 0. The van der Waals surface area contributed by atoms with Crippen LogP contribution in [0, 0.1) is 0 Å². The Kier molecular flexibility index (Phi) is 5.28. The molecule has 0 spiro atoms. The van der Waals surface area contributed by atoms with E-state index in [4.69, 9.17) is 0 Å². The number of carbonyl (C=O) groups is 2. The molecular weight excluding hydrogens is 240 g/mol. The van der Waals surface area contributed by atoms with Gasteiger partial charge in [0, 0.05) is 12.0 Å². The zero-order valence-electron chi connectivity index (χ0n) is 12.2. The Labute approximate surface area is 115 Å². The second-order valence-corrected chi connectivity index (χ2v) is 5.45. The number of ketones is 1. The van der Waals surface area contributed by atoms with Gasteiger partial charge in [-0.3, -0.25) is 9.59 Å². The molecule has 1 aromatic rings. The van der Waals surface area contributed by atoms with Crippen LogP contribution in [0.4, 0.5) is 0 Å². The van der Waals surface area contributed by atoms with Crippen LogP contribution in [0.2, 0.25) is 0 Å². The highest BCUT2D eigenvalue weighted by Gasteiger charge is 2.20. The number of ether oxygens (including phenoxy) is 1. The third-order valence-electron chi connectivity index (χ3n) is 3.48. The summed E-state index contributed by atoms with van der Waals surface area (Å²) in [5.41, 5.74) is 1.90. The van der Waals surface area contributed by atoms with E-state index in [1.807, 2.05) is 24.3 Å². The molecule has 3 nitrogen and oxygen atoms in total. The molecule has 0 bridgehead atoms. The molecule has 1 rings (SSSR count). The maximum atomic E-state index is 11.2. The van der Waals surface area contributed by atoms with Crippen molar-refractivity contribution in [3.63, 3.8) is 0 Å². The zero-order chi connectivity index (χ0) is 14.5. The third kappa shape index (κ3) is 4.51. The van der Waals surface area contributed by atoms with Gasteiger partial charge in [0.1, 0.15) is 0 Å². The SMILES string of the molecule is COC(=O)CCCC(C)(C)c1ccc(C(C)=O)cc1. The van der Waals surface area contributed by atoms with E-state index in [1.54, 1.807) is 6.92 Å². The lowest BCUT2D eigenvalue weighted by molar-refractivity contribution is -0.140. The molecule has 3 heteroatoms. The van der Waals surface area contributed by atoms with E-state index in [-0.39, 0.29) is 17.2 Å². The number of carbonyl (C=O) groups excluding carboxylic acids is 2. The molecule has 0 N–H and O–H groups in total. The van der Waals surface area contributed by atoms with Gasteiger partial charge in [0.15, 0.2) is 5.78 Å². The van der Waals surface area contributed by atoms with E-state index in [2.05, 4.69) is 18.6 Å². The topological polar surface area (TPSA) is 43.4 Å². The molecule has 0 aromatic heterocycles. The van der Waals surface area contributed by atoms with Gasteiger partial charge in [-0.2, -0.15) is 0 Å². The van der Waals surface area contributed by atoms with Crippen molar-refractivity contribution in [2.45, 2.75) is 45.4 Å². The molecule has 0 amide bonds. The quantitative estimate of drug-likeness (QED) is 0.582. The van der Waals surface area contributed by atoms with Crippen LogP contribution in [0.15, 0.2) is 24.3 Å². The van der Waals surface area contributed by atoms with Crippen LogP contribution < -0.4 is 0 Å². The van der Waals surface area contributed by atoms with Crippen molar-refractivity contribution in [3.8, 4) is 0 Å². The Morgan fingerprint density at radius 1 is 1.16 bits per heavy atom. The molecule has 0 heterocycles. The van der Waals surface area contributed by atoms with Gasteiger partial charge in [0.2, 0.25) is 0 Å². The minimum Gasteiger partial charge on any atom is -0.469 e. The summed E-state index contributed by atoms with van der Waals surface area (Å²) in [4.78, 5) is 22.3. The zero-order valence-corrected chi connectivity index (χ0v) is 12.2. The van der Waals surface area contributed by atoms with Crippen LogP contribution >= 0.6 is 0 Å². The maximum absolute atomic E-state index is 11.2. The number of benzene rings is 1. The predicted molar refractivity (Wildman–Crippen MR) is 75.3 cm³/mol. The van der Waals surface area contributed by atoms with E-state index in [9.17, 15) is 9.59 Å². The molecule has 19 heavy (non-hydrogen) atoms. The van der Waals surface area contributed by atoms with Crippen LogP contribution in [0.25, 0.3) is 0 Å². The Morgan fingerprint density at radius 3 is 2.21 bits per heavy atom. The fraction of sp³-hybridized carbons (Fsp3) is 0.500. The first-order chi connectivity index (χ1) is 8.86. The lowest BCUT2D eigenvalue weighted by atomic mass is 9.80. The minimum atomic E-state index is -0.164. The number of methoxy groups -OCH3 is 1. The lowest BCUT2D eigenvalue weighted by Gasteiger charge is -2.25. The van der Waals surface area contributed by atoms with Gasteiger partial charge in [-0.25, -0.2) is 0 Å². The average Bonchev–Trinajstić information content (AvgIpc) is 2.38. The molecule has 0 aliphatic rings. The molecule has 0 unspecified atom stereocenters. The van der Waals surface area contributed by atoms with Crippen molar-refractivity contribution >= 4 is 11.8 Å². The molecule has 0 radical (unpaired) electrons. The van der Waals surface area contributed by atoms with E-state index in [1.165, 1.54) is 12.7 Å². The molecule has 0 aliphatic heterocycles. The summed E-state index contributed by atoms with van der Waals surface area (Å²) in [6.07, 6.45) is 2.15. The average molecular weight is 262 g/mol. The maximum Gasteiger partial charge on any atom is 0.305 e. The van der Waals surface area contributed by atoms with Crippen molar-refractivity contribution in [1.29, 1.82) is 0 Å². The Balaban J connectivity index is 2.65. The number of hydrogen-bond acceptors (Lipinski definition) is 3. The smallest absolute Gasteiger partial charge is 0.305 e. The van der Waals surface area contributed by atoms with E-state index in [0.29, 0.717) is 6.42 Å². The number of esters is 1. The van der Waals surface area contributed by atoms with Gasteiger partial charge >= 0.3 is 5.97 Å².